The molecule has 1 heterocycles. The van der Waals surface area contributed by atoms with Gasteiger partial charge in [0.25, 0.3) is 0 Å². The predicted octanol–water partition coefficient (Wildman–Crippen LogP) is 4.96. The molecule has 0 atom stereocenters. The summed E-state index contributed by atoms with van der Waals surface area (Å²) in [5.41, 5.74) is 3.46. The average Bonchev–Trinajstić information content (AvgIpc) is 3.05. The Bertz CT molecular complexity index is 950. The molecule has 124 valence electrons. The van der Waals surface area contributed by atoms with Crippen molar-refractivity contribution in [2.45, 2.75) is 19.3 Å². The number of aliphatic carboxylic acids is 1. The summed E-state index contributed by atoms with van der Waals surface area (Å²) in [6.45, 7) is 0. The summed E-state index contributed by atoms with van der Waals surface area (Å²) in [6, 6.07) is 17.4. The van der Waals surface area contributed by atoms with Gasteiger partial charge in [0.05, 0.1) is 21.8 Å². The second kappa shape index (κ2) is 7.73. The lowest BCUT2D eigenvalue weighted by molar-refractivity contribution is -0.137. The first-order valence-corrected chi connectivity index (χ1v) is 8.76. The molecule has 4 nitrogen and oxygen atoms in total. The highest BCUT2D eigenvalue weighted by Gasteiger charge is 2.10. The molecule has 0 saturated heterocycles. The molecule has 0 aliphatic carbocycles. The SMILES string of the molecule is N#Cc1cccc(/C=C(\CCCC(=O)O)c2nc3ccccc3s2)c1. The molecule has 2 aromatic carbocycles. The number of hydrogen-bond acceptors (Lipinski definition) is 4. The van der Waals surface area contributed by atoms with E-state index in [4.69, 9.17) is 10.4 Å². The van der Waals surface area contributed by atoms with Crippen LogP contribution in [0.3, 0.4) is 0 Å². The van der Waals surface area contributed by atoms with Crippen molar-refractivity contribution in [3.05, 3.63) is 64.7 Å². The molecule has 0 aliphatic heterocycles. The Morgan fingerprint density at radius 1 is 1.20 bits per heavy atom. The van der Waals surface area contributed by atoms with Crippen molar-refractivity contribution in [1.82, 2.24) is 4.98 Å². The van der Waals surface area contributed by atoms with E-state index < -0.39 is 5.97 Å². The summed E-state index contributed by atoms with van der Waals surface area (Å²) < 4.78 is 1.10. The van der Waals surface area contributed by atoms with Crippen LogP contribution in [0.25, 0.3) is 21.9 Å². The Kier molecular flexibility index (Phi) is 5.22. The summed E-state index contributed by atoms with van der Waals surface area (Å²) in [6.07, 6.45) is 3.30. The highest BCUT2D eigenvalue weighted by atomic mass is 32.1. The van der Waals surface area contributed by atoms with Gasteiger partial charge in [-0.05, 0) is 54.3 Å². The fourth-order valence-corrected chi connectivity index (χ4v) is 3.59. The van der Waals surface area contributed by atoms with E-state index in [2.05, 4.69) is 11.1 Å². The minimum Gasteiger partial charge on any atom is -0.481 e. The van der Waals surface area contributed by atoms with Crippen LogP contribution in [0.1, 0.15) is 35.4 Å². The van der Waals surface area contributed by atoms with E-state index >= 15 is 0 Å². The Labute approximate surface area is 149 Å². The van der Waals surface area contributed by atoms with Crippen LogP contribution in [0.5, 0.6) is 0 Å². The molecule has 0 saturated carbocycles. The minimum absolute atomic E-state index is 0.125. The number of para-hydroxylation sites is 1. The van der Waals surface area contributed by atoms with Crippen molar-refractivity contribution >= 4 is 39.2 Å². The number of benzene rings is 2. The van der Waals surface area contributed by atoms with Crippen molar-refractivity contribution in [2.75, 3.05) is 0 Å². The van der Waals surface area contributed by atoms with E-state index in [-0.39, 0.29) is 6.42 Å². The molecule has 3 aromatic rings. The lowest BCUT2D eigenvalue weighted by Crippen LogP contribution is -1.94. The molecule has 25 heavy (non-hydrogen) atoms. The number of carboxylic acids is 1. The molecule has 0 radical (unpaired) electrons. The summed E-state index contributed by atoms with van der Waals surface area (Å²) in [4.78, 5) is 15.5. The number of carboxylic acid groups (broad SMARTS) is 1. The van der Waals surface area contributed by atoms with E-state index in [1.165, 1.54) is 0 Å². The quantitative estimate of drug-likeness (QED) is 0.683. The first kappa shape index (κ1) is 16.9. The average molecular weight is 348 g/mol. The molecular formula is C20H16N2O2S. The lowest BCUT2D eigenvalue weighted by Gasteiger charge is -2.04. The third-order valence-electron chi connectivity index (χ3n) is 3.76. The first-order chi connectivity index (χ1) is 12.2. The molecule has 0 unspecified atom stereocenters. The van der Waals surface area contributed by atoms with Gasteiger partial charge in [0.1, 0.15) is 5.01 Å². The van der Waals surface area contributed by atoms with Crippen molar-refractivity contribution in [3.63, 3.8) is 0 Å². The summed E-state index contributed by atoms with van der Waals surface area (Å²) in [7, 11) is 0. The second-order valence-corrected chi connectivity index (χ2v) is 6.67. The van der Waals surface area contributed by atoms with Crippen molar-refractivity contribution < 1.29 is 9.90 Å². The molecule has 5 heteroatoms. The maximum Gasteiger partial charge on any atom is 0.303 e. The number of allylic oxidation sites excluding steroid dienone is 1. The maximum atomic E-state index is 10.8. The van der Waals surface area contributed by atoms with Crippen molar-refractivity contribution in [2.24, 2.45) is 0 Å². The first-order valence-electron chi connectivity index (χ1n) is 7.94. The summed E-state index contributed by atoms with van der Waals surface area (Å²) >= 11 is 1.60. The molecule has 0 aliphatic rings. The normalized spacial score (nSPS) is 11.4. The summed E-state index contributed by atoms with van der Waals surface area (Å²) in [5, 5.41) is 18.9. The van der Waals surface area contributed by atoms with Gasteiger partial charge >= 0.3 is 5.97 Å². The molecule has 0 fully saturated rings. The molecule has 0 spiro atoms. The number of rotatable bonds is 6. The van der Waals surface area contributed by atoms with Gasteiger partial charge in [-0.1, -0.05) is 24.3 Å². The van der Waals surface area contributed by atoms with Crippen LogP contribution in [0, 0.1) is 11.3 Å². The zero-order valence-corrected chi connectivity index (χ0v) is 14.3. The molecule has 1 N–H and O–H groups in total. The van der Waals surface area contributed by atoms with Gasteiger partial charge in [-0.2, -0.15) is 5.26 Å². The highest BCUT2D eigenvalue weighted by Crippen LogP contribution is 2.31. The van der Waals surface area contributed by atoms with Crippen LogP contribution in [0.2, 0.25) is 0 Å². The smallest absolute Gasteiger partial charge is 0.303 e. The Morgan fingerprint density at radius 2 is 2.04 bits per heavy atom. The lowest BCUT2D eigenvalue weighted by atomic mass is 10.0. The number of aromatic nitrogens is 1. The van der Waals surface area contributed by atoms with Crippen LogP contribution >= 0.6 is 11.3 Å². The topological polar surface area (TPSA) is 74.0 Å². The summed E-state index contributed by atoms with van der Waals surface area (Å²) in [5.74, 6) is -0.796. The number of hydrogen-bond donors (Lipinski definition) is 1. The number of fused-ring (bicyclic) bond motifs is 1. The van der Waals surface area contributed by atoms with Crippen LogP contribution in [-0.4, -0.2) is 16.1 Å². The van der Waals surface area contributed by atoms with Gasteiger partial charge < -0.3 is 5.11 Å². The molecule has 0 amide bonds. The van der Waals surface area contributed by atoms with Gasteiger partial charge in [0.2, 0.25) is 0 Å². The third kappa shape index (κ3) is 4.31. The molecular weight excluding hydrogens is 332 g/mol. The van der Waals surface area contributed by atoms with Crippen molar-refractivity contribution in [3.8, 4) is 6.07 Å². The highest BCUT2D eigenvalue weighted by molar-refractivity contribution is 7.19. The van der Waals surface area contributed by atoms with E-state index in [0.717, 1.165) is 26.4 Å². The van der Waals surface area contributed by atoms with E-state index in [1.807, 2.05) is 48.5 Å². The van der Waals surface area contributed by atoms with Gasteiger partial charge in [0.15, 0.2) is 0 Å². The zero-order chi connectivity index (χ0) is 17.6. The number of nitriles is 1. The number of carbonyl (C=O) groups is 1. The Morgan fingerprint density at radius 3 is 2.80 bits per heavy atom. The zero-order valence-electron chi connectivity index (χ0n) is 13.5. The number of nitrogens with zero attached hydrogens (tertiary/aromatic N) is 2. The largest absolute Gasteiger partial charge is 0.481 e. The maximum absolute atomic E-state index is 10.8. The van der Waals surface area contributed by atoms with Gasteiger partial charge in [-0.3, -0.25) is 4.79 Å². The predicted molar refractivity (Wildman–Crippen MR) is 100 cm³/mol. The van der Waals surface area contributed by atoms with Crippen molar-refractivity contribution in [1.29, 1.82) is 5.26 Å². The van der Waals surface area contributed by atoms with Crippen LogP contribution in [-0.2, 0) is 4.79 Å². The fourth-order valence-electron chi connectivity index (χ4n) is 2.58. The Hall–Kier alpha value is -2.97. The molecule has 0 bridgehead atoms. The van der Waals surface area contributed by atoms with Gasteiger partial charge in [0, 0.05) is 6.42 Å². The molecule has 3 rings (SSSR count). The molecule has 1 aromatic heterocycles. The Balaban J connectivity index is 1.97. The van der Waals surface area contributed by atoms with E-state index in [9.17, 15) is 4.79 Å². The van der Waals surface area contributed by atoms with Crippen LogP contribution in [0.15, 0.2) is 48.5 Å². The monoisotopic (exact) mass is 348 g/mol. The minimum atomic E-state index is -0.796. The van der Waals surface area contributed by atoms with Crippen LogP contribution < -0.4 is 0 Å². The standard InChI is InChI=1S/C20H16N2O2S/c21-13-15-6-3-5-14(11-15)12-16(7-4-10-19(23)24)20-22-17-8-1-2-9-18(17)25-20/h1-3,5-6,8-9,11-12H,4,7,10H2,(H,23,24)/b16-12+. The van der Waals surface area contributed by atoms with E-state index in [0.29, 0.717) is 18.4 Å². The number of thiazole rings is 1. The second-order valence-electron chi connectivity index (χ2n) is 5.64. The third-order valence-corrected chi connectivity index (χ3v) is 4.87. The van der Waals surface area contributed by atoms with Gasteiger partial charge in [-0.25, -0.2) is 4.98 Å². The van der Waals surface area contributed by atoms with Gasteiger partial charge in [-0.15, -0.1) is 11.3 Å². The van der Waals surface area contributed by atoms with E-state index in [1.54, 1.807) is 17.4 Å². The van der Waals surface area contributed by atoms with Crippen LogP contribution in [0.4, 0.5) is 0 Å². The fraction of sp³-hybridized carbons (Fsp3) is 0.150.